The maximum atomic E-state index is 12.8. The lowest BCUT2D eigenvalue weighted by Crippen LogP contribution is -2.48. The van der Waals surface area contributed by atoms with E-state index in [1.54, 1.807) is 44.8 Å². The number of benzene rings is 2. The molecule has 174 valence electrons. The SMILES string of the molecule is CCc1ccc2nc(N3CCN(C(=O)/C=C/c4cc(OC)c(OC)c(OC)c4)CC3)sc2c1. The zero-order valence-corrected chi connectivity index (χ0v) is 20.3. The van der Waals surface area contributed by atoms with E-state index >= 15 is 0 Å². The van der Waals surface area contributed by atoms with E-state index in [4.69, 9.17) is 19.2 Å². The average molecular weight is 468 g/mol. The number of carbonyl (C=O) groups is 1. The van der Waals surface area contributed by atoms with Gasteiger partial charge in [-0.1, -0.05) is 24.3 Å². The molecule has 1 aliphatic heterocycles. The van der Waals surface area contributed by atoms with E-state index in [1.165, 1.54) is 10.3 Å². The van der Waals surface area contributed by atoms with Crippen LogP contribution in [0.1, 0.15) is 18.1 Å². The highest BCUT2D eigenvalue weighted by atomic mass is 32.1. The van der Waals surface area contributed by atoms with Gasteiger partial charge in [0.1, 0.15) is 0 Å². The molecule has 0 aliphatic carbocycles. The zero-order chi connectivity index (χ0) is 23.4. The van der Waals surface area contributed by atoms with Crippen molar-refractivity contribution in [3.8, 4) is 17.2 Å². The minimum Gasteiger partial charge on any atom is -0.493 e. The topological polar surface area (TPSA) is 64.1 Å². The predicted molar refractivity (Wildman–Crippen MR) is 133 cm³/mol. The predicted octanol–water partition coefficient (Wildman–Crippen LogP) is 4.25. The molecule has 33 heavy (non-hydrogen) atoms. The van der Waals surface area contributed by atoms with Gasteiger partial charge >= 0.3 is 0 Å². The van der Waals surface area contributed by atoms with Gasteiger partial charge in [0.05, 0.1) is 31.5 Å². The summed E-state index contributed by atoms with van der Waals surface area (Å²) in [7, 11) is 4.71. The summed E-state index contributed by atoms with van der Waals surface area (Å²) in [4.78, 5) is 21.7. The van der Waals surface area contributed by atoms with Gasteiger partial charge in [-0.15, -0.1) is 0 Å². The lowest BCUT2D eigenvalue weighted by molar-refractivity contribution is -0.126. The Bertz CT molecular complexity index is 1140. The van der Waals surface area contributed by atoms with E-state index in [1.807, 2.05) is 17.0 Å². The summed E-state index contributed by atoms with van der Waals surface area (Å²) in [5.41, 5.74) is 3.17. The van der Waals surface area contributed by atoms with E-state index in [0.717, 1.165) is 35.7 Å². The van der Waals surface area contributed by atoms with E-state index in [-0.39, 0.29) is 5.91 Å². The molecule has 3 aromatic rings. The fourth-order valence-corrected chi connectivity index (χ4v) is 4.98. The number of ether oxygens (including phenoxy) is 3. The first-order chi connectivity index (χ1) is 16.1. The molecule has 0 atom stereocenters. The Balaban J connectivity index is 1.40. The molecule has 0 bridgehead atoms. The molecule has 1 fully saturated rings. The van der Waals surface area contributed by atoms with Crippen molar-refractivity contribution in [2.45, 2.75) is 13.3 Å². The molecule has 1 saturated heterocycles. The minimum atomic E-state index is -0.0136. The molecule has 1 aliphatic rings. The molecular weight excluding hydrogens is 438 g/mol. The van der Waals surface area contributed by atoms with Gasteiger partial charge in [0.2, 0.25) is 11.7 Å². The van der Waals surface area contributed by atoms with Crippen molar-refractivity contribution in [3.63, 3.8) is 0 Å². The van der Waals surface area contributed by atoms with Crippen molar-refractivity contribution in [3.05, 3.63) is 47.5 Å². The number of thiazole rings is 1. The van der Waals surface area contributed by atoms with E-state index < -0.39 is 0 Å². The molecule has 0 radical (unpaired) electrons. The maximum absolute atomic E-state index is 12.8. The van der Waals surface area contributed by atoms with Crippen LogP contribution in [0.15, 0.2) is 36.4 Å². The number of hydrogen-bond acceptors (Lipinski definition) is 7. The van der Waals surface area contributed by atoms with Gasteiger partial charge in [0.25, 0.3) is 0 Å². The molecule has 0 spiro atoms. The van der Waals surface area contributed by atoms with Crippen LogP contribution in [0.5, 0.6) is 17.2 Å². The summed E-state index contributed by atoms with van der Waals surface area (Å²) >= 11 is 1.72. The fraction of sp³-hybridized carbons (Fsp3) is 0.360. The van der Waals surface area contributed by atoms with Crippen LogP contribution >= 0.6 is 11.3 Å². The lowest BCUT2D eigenvalue weighted by atomic mass is 10.1. The average Bonchev–Trinajstić information content (AvgIpc) is 3.29. The highest BCUT2D eigenvalue weighted by Gasteiger charge is 2.22. The number of hydrogen-bond donors (Lipinski definition) is 0. The summed E-state index contributed by atoms with van der Waals surface area (Å²) in [5.74, 6) is 1.62. The smallest absolute Gasteiger partial charge is 0.246 e. The number of carbonyl (C=O) groups excluding carboxylic acids is 1. The van der Waals surface area contributed by atoms with E-state index in [9.17, 15) is 4.79 Å². The van der Waals surface area contributed by atoms with Crippen molar-refractivity contribution in [2.24, 2.45) is 0 Å². The van der Waals surface area contributed by atoms with Crippen LogP contribution in [0, 0.1) is 0 Å². The molecule has 1 aromatic heterocycles. The van der Waals surface area contributed by atoms with Crippen LogP contribution in [-0.2, 0) is 11.2 Å². The van der Waals surface area contributed by atoms with Gasteiger partial charge in [-0.3, -0.25) is 4.79 Å². The highest BCUT2D eigenvalue weighted by molar-refractivity contribution is 7.22. The third-order valence-corrected chi connectivity index (χ3v) is 6.90. The van der Waals surface area contributed by atoms with Crippen LogP contribution < -0.4 is 19.1 Å². The lowest BCUT2D eigenvalue weighted by Gasteiger charge is -2.34. The van der Waals surface area contributed by atoms with Crippen LogP contribution in [0.2, 0.25) is 0 Å². The Morgan fingerprint density at radius 1 is 1.03 bits per heavy atom. The van der Waals surface area contributed by atoms with Crippen molar-refractivity contribution in [1.82, 2.24) is 9.88 Å². The van der Waals surface area contributed by atoms with Gasteiger partial charge in [-0.2, -0.15) is 0 Å². The molecule has 0 unspecified atom stereocenters. The first-order valence-corrected chi connectivity index (χ1v) is 11.8. The molecule has 0 N–H and O–H groups in total. The summed E-state index contributed by atoms with van der Waals surface area (Å²) in [5, 5.41) is 1.03. The third-order valence-electron chi connectivity index (χ3n) is 5.82. The zero-order valence-electron chi connectivity index (χ0n) is 19.5. The fourth-order valence-electron chi connectivity index (χ4n) is 3.90. The van der Waals surface area contributed by atoms with Crippen molar-refractivity contribution < 1.29 is 19.0 Å². The van der Waals surface area contributed by atoms with Gasteiger partial charge < -0.3 is 24.0 Å². The summed E-state index contributed by atoms with van der Waals surface area (Å²) < 4.78 is 17.3. The monoisotopic (exact) mass is 467 g/mol. The minimum absolute atomic E-state index is 0.0136. The highest BCUT2D eigenvalue weighted by Crippen LogP contribution is 2.38. The normalized spacial score (nSPS) is 14.2. The number of methoxy groups -OCH3 is 3. The van der Waals surface area contributed by atoms with Crippen LogP contribution in [-0.4, -0.2) is 63.3 Å². The second-order valence-electron chi connectivity index (χ2n) is 7.76. The number of aryl methyl sites for hydroxylation is 1. The Morgan fingerprint density at radius 3 is 2.33 bits per heavy atom. The van der Waals surface area contributed by atoms with E-state index in [2.05, 4.69) is 30.0 Å². The van der Waals surface area contributed by atoms with Crippen LogP contribution in [0.3, 0.4) is 0 Å². The van der Waals surface area contributed by atoms with Crippen molar-refractivity contribution in [2.75, 3.05) is 52.4 Å². The number of amides is 1. The largest absolute Gasteiger partial charge is 0.493 e. The maximum Gasteiger partial charge on any atom is 0.246 e. The molecule has 0 saturated carbocycles. The summed E-state index contributed by atoms with van der Waals surface area (Å²) in [6.45, 7) is 5.02. The van der Waals surface area contributed by atoms with Gasteiger partial charge in [-0.25, -0.2) is 4.98 Å². The Morgan fingerprint density at radius 2 is 1.73 bits per heavy atom. The van der Waals surface area contributed by atoms with Crippen molar-refractivity contribution >= 4 is 38.7 Å². The number of piperazine rings is 1. The molecule has 2 aromatic carbocycles. The first kappa shape index (κ1) is 22.9. The molecule has 2 heterocycles. The number of fused-ring (bicyclic) bond motifs is 1. The number of rotatable bonds is 7. The molecular formula is C25H29N3O4S. The Hall–Kier alpha value is -3.26. The van der Waals surface area contributed by atoms with Crippen LogP contribution in [0.25, 0.3) is 16.3 Å². The first-order valence-electron chi connectivity index (χ1n) is 11.0. The molecule has 1 amide bonds. The molecule has 8 heteroatoms. The number of nitrogens with zero attached hydrogens (tertiary/aromatic N) is 3. The van der Waals surface area contributed by atoms with Gasteiger partial charge in [0.15, 0.2) is 16.6 Å². The van der Waals surface area contributed by atoms with Crippen molar-refractivity contribution in [1.29, 1.82) is 0 Å². The van der Waals surface area contributed by atoms with Gasteiger partial charge in [-0.05, 0) is 47.9 Å². The quantitative estimate of drug-likeness (QED) is 0.484. The third kappa shape index (κ3) is 4.90. The van der Waals surface area contributed by atoms with Crippen LogP contribution in [0.4, 0.5) is 5.13 Å². The summed E-state index contributed by atoms with van der Waals surface area (Å²) in [6, 6.07) is 10.1. The Labute approximate surface area is 198 Å². The second-order valence-corrected chi connectivity index (χ2v) is 8.77. The molecule has 4 rings (SSSR count). The number of aromatic nitrogens is 1. The molecule has 7 nitrogen and oxygen atoms in total. The van der Waals surface area contributed by atoms with Gasteiger partial charge in [0, 0.05) is 32.3 Å². The number of anilines is 1. The Kier molecular flexibility index (Phi) is 7.03. The standard InChI is InChI=1S/C25H29N3O4S/c1-5-17-6-8-19-22(16-17)33-25(26-19)28-12-10-27(11-13-28)23(29)9-7-18-14-20(30-2)24(32-4)21(15-18)31-3/h6-9,14-16H,5,10-13H2,1-4H3/b9-7+. The second kappa shape index (κ2) is 10.1. The van der Waals surface area contributed by atoms with E-state index in [0.29, 0.717) is 30.3 Å². The summed E-state index contributed by atoms with van der Waals surface area (Å²) in [6.07, 6.45) is 4.39.